The van der Waals surface area contributed by atoms with Crippen molar-refractivity contribution in [2.45, 2.75) is 51.3 Å². The molecule has 1 aliphatic heterocycles. The van der Waals surface area contributed by atoms with E-state index in [2.05, 4.69) is 21.1 Å². The molecule has 2 heterocycles. The first kappa shape index (κ1) is 10.1. The van der Waals surface area contributed by atoms with Gasteiger partial charge in [-0.25, -0.2) is 4.98 Å². The monoisotopic (exact) mass is 221 g/mol. The molecule has 0 aromatic carbocycles. The van der Waals surface area contributed by atoms with Crippen LogP contribution in [0.5, 0.6) is 0 Å². The Morgan fingerprint density at radius 1 is 1.50 bits per heavy atom. The molecule has 0 bridgehead atoms. The number of hydrogen-bond acceptors (Lipinski definition) is 3. The summed E-state index contributed by atoms with van der Waals surface area (Å²) in [4.78, 5) is 4.53. The van der Waals surface area contributed by atoms with Crippen LogP contribution in [-0.2, 0) is 11.3 Å². The van der Waals surface area contributed by atoms with Crippen LogP contribution in [0.25, 0.3) is 0 Å². The molecule has 2 aliphatic rings. The van der Waals surface area contributed by atoms with Gasteiger partial charge in [-0.2, -0.15) is 0 Å². The molecule has 1 unspecified atom stereocenters. The third-order valence-electron chi connectivity index (χ3n) is 3.23. The predicted molar refractivity (Wildman–Crippen MR) is 62.6 cm³/mol. The van der Waals surface area contributed by atoms with E-state index in [1.54, 1.807) is 0 Å². The van der Waals surface area contributed by atoms with Crippen molar-refractivity contribution in [3.63, 3.8) is 0 Å². The lowest BCUT2D eigenvalue weighted by Crippen LogP contribution is -2.17. The van der Waals surface area contributed by atoms with E-state index in [1.807, 2.05) is 6.92 Å². The van der Waals surface area contributed by atoms with Gasteiger partial charge in [0.2, 0.25) is 5.95 Å². The van der Waals surface area contributed by atoms with Crippen molar-refractivity contribution in [2.24, 2.45) is 0 Å². The lowest BCUT2D eigenvalue weighted by atomic mass is 10.2. The Kier molecular flexibility index (Phi) is 2.59. The number of aromatic nitrogens is 2. The zero-order valence-electron chi connectivity index (χ0n) is 9.78. The maximum Gasteiger partial charge on any atom is 0.203 e. The fraction of sp³-hybridized carbons (Fsp3) is 0.750. The second kappa shape index (κ2) is 4.09. The maximum atomic E-state index is 5.67. The van der Waals surface area contributed by atoms with Crippen LogP contribution in [0.1, 0.15) is 31.4 Å². The molecule has 0 radical (unpaired) electrons. The molecule has 1 aromatic rings. The van der Waals surface area contributed by atoms with Gasteiger partial charge in [0.1, 0.15) is 0 Å². The summed E-state index contributed by atoms with van der Waals surface area (Å²) in [6, 6.07) is 0.657. The largest absolute Gasteiger partial charge is 0.376 e. The topological polar surface area (TPSA) is 39.1 Å². The molecular weight excluding hydrogens is 202 g/mol. The van der Waals surface area contributed by atoms with E-state index in [4.69, 9.17) is 4.74 Å². The number of ether oxygens (including phenoxy) is 1. The molecule has 1 atom stereocenters. The van der Waals surface area contributed by atoms with E-state index in [-0.39, 0.29) is 0 Å². The number of nitrogens with one attached hydrogen (secondary N) is 1. The predicted octanol–water partition coefficient (Wildman–Crippen LogP) is 1.94. The van der Waals surface area contributed by atoms with Crippen LogP contribution in [0.4, 0.5) is 5.95 Å². The summed E-state index contributed by atoms with van der Waals surface area (Å²) >= 11 is 0. The lowest BCUT2D eigenvalue weighted by molar-refractivity contribution is 0.0974. The third-order valence-corrected chi connectivity index (χ3v) is 3.23. The molecule has 2 fully saturated rings. The Bertz CT molecular complexity index is 364. The maximum absolute atomic E-state index is 5.67. The molecule has 0 spiro atoms. The normalized spacial score (nSPS) is 24.9. The minimum Gasteiger partial charge on any atom is -0.376 e. The number of hydrogen-bond donors (Lipinski definition) is 1. The summed E-state index contributed by atoms with van der Waals surface area (Å²) in [5.41, 5.74) is 1.08. The van der Waals surface area contributed by atoms with Crippen molar-refractivity contribution in [3.05, 3.63) is 11.9 Å². The zero-order chi connectivity index (χ0) is 11.0. The van der Waals surface area contributed by atoms with E-state index in [0.29, 0.717) is 12.1 Å². The molecule has 1 aromatic heterocycles. The van der Waals surface area contributed by atoms with Gasteiger partial charge in [0.25, 0.3) is 0 Å². The molecule has 1 saturated heterocycles. The molecular formula is C12H19N3O. The fourth-order valence-electron chi connectivity index (χ4n) is 2.22. The van der Waals surface area contributed by atoms with Crippen LogP contribution in [0, 0.1) is 6.92 Å². The molecule has 1 aliphatic carbocycles. The average molecular weight is 221 g/mol. The van der Waals surface area contributed by atoms with Crippen molar-refractivity contribution in [1.82, 2.24) is 9.55 Å². The summed E-state index contributed by atoms with van der Waals surface area (Å²) in [7, 11) is 0. The number of aryl methyl sites for hydroxylation is 1. The van der Waals surface area contributed by atoms with Crippen molar-refractivity contribution in [3.8, 4) is 0 Å². The van der Waals surface area contributed by atoms with Gasteiger partial charge < -0.3 is 14.6 Å². The van der Waals surface area contributed by atoms with E-state index >= 15 is 0 Å². The highest BCUT2D eigenvalue weighted by Gasteiger charge is 2.24. The van der Waals surface area contributed by atoms with Crippen molar-refractivity contribution < 1.29 is 4.74 Å². The van der Waals surface area contributed by atoms with Crippen LogP contribution < -0.4 is 5.32 Å². The highest BCUT2D eigenvalue weighted by Crippen LogP contribution is 2.25. The highest BCUT2D eigenvalue weighted by atomic mass is 16.5. The first-order valence-electron chi connectivity index (χ1n) is 6.23. The minimum atomic E-state index is 0.383. The van der Waals surface area contributed by atoms with Crippen LogP contribution in [0.3, 0.4) is 0 Å². The van der Waals surface area contributed by atoms with Crippen molar-refractivity contribution >= 4 is 5.95 Å². The van der Waals surface area contributed by atoms with Gasteiger partial charge in [-0.1, -0.05) is 0 Å². The number of anilines is 1. The van der Waals surface area contributed by atoms with Crippen LogP contribution in [-0.4, -0.2) is 28.3 Å². The van der Waals surface area contributed by atoms with Crippen molar-refractivity contribution in [1.29, 1.82) is 0 Å². The summed E-state index contributed by atoms with van der Waals surface area (Å²) in [6.45, 7) is 3.91. The lowest BCUT2D eigenvalue weighted by Gasteiger charge is -2.13. The van der Waals surface area contributed by atoms with Crippen LogP contribution >= 0.6 is 0 Å². The van der Waals surface area contributed by atoms with E-state index in [0.717, 1.165) is 24.8 Å². The number of rotatable bonds is 4. The summed E-state index contributed by atoms with van der Waals surface area (Å²) in [6.07, 6.45) is 7.45. The molecule has 0 amide bonds. The Labute approximate surface area is 96.0 Å². The van der Waals surface area contributed by atoms with E-state index in [1.165, 1.54) is 25.7 Å². The number of imidazole rings is 1. The SMILES string of the molecule is Cc1cn(CC2CCCO2)c(NC2CC2)n1. The summed E-state index contributed by atoms with van der Waals surface area (Å²) < 4.78 is 7.88. The first-order chi connectivity index (χ1) is 7.81. The first-order valence-corrected chi connectivity index (χ1v) is 6.23. The van der Waals surface area contributed by atoms with Crippen LogP contribution in [0.15, 0.2) is 6.20 Å². The number of nitrogens with zero attached hydrogens (tertiary/aromatic N) is 2. The Hall–Kier alpha value is -1.03. The molecule has 88 valence electrons. The van der Waals surface area contributed by atoms with Crippen molar-refractivity contribution in [2.75, 3.05) is 11.9 Å². The van der Waals surface area contributed by atoms with Gasteiger partial charge >= 0.3 is 0 Å². The van der Waals surface area contributed by atoms with Crippen LogP contribution in [0.2, 0.25) is 0 Å². The molecule has 1 N–H and O–H groups in total. The van der Waals surface area contributed by atoms with Gasteiger partial charge in [0.05, 0.1) is 18.3 Å². The average Bonchev–Trinajstić information content (AvgIpc) is 2.79. The quantitative estimate of drug-likeness (QED) is 0.844. The fourth-order valence-corrected chi connectivity index (χ4v) is 2.22. The summed E-state index contributed by atoms with van der Waals surface area (Å²) in [5, 5.41) is 3.48. The van der Waals surface area contributed by atoms with Gasteiger partial charge in [0.15, 0.2) is 0 Å². The Morgan fingerprint density at radius 3 is 3.06 bits per heavy atom. The molecule has 4 heteroatoms. The van der Waals surface area contributed by atoms with E-state index in [9.17, 15) is 0 Å². The molecule has 3 rings (SSSR count). The Balaban J connectivity index is 1.70. The second-order valence-electron chi connectivity index (χ2n) is 4.91. The molecule has 1 saturated carbocycles. The van der Waals surface area contributed by atoms with E-state index < -0.39 is 0 Å². The van der Waals surface area contributed by atoms with Gasteiger partial charge in [-0.15, -0.1) is 0 Å². The summed E-state index contributed by atoms with van der Waals surface area (Å²) in [5.74, 6) is 1.02. The minimum absolute atomic E-state index is 0.383. The van der Waals surface area contributed by atoms with Gasteiger partial charge in [0, 0.05) is 18.8 Å². The van der Waals surface area contributed by atoms with Gasteiger partial charge in [-0.3, -0.25) is 0 Å². The zero-order valence-corrected chi connectivity index (χ0v) is 9.78. The Morgan fingerprint density at radius 2 is 2.38 bits per heavy atom. The second-order valence-corrected chi connectivity index (χ2v) is 4.91. The molecule has 4 nitrogen and oxygen atoms in total. The smallest absolute Gasteiger partial charge is 0.203 e. The highest BCUT2D eigenvalue weighted by molar-refractivity contribution is 5.32. The van der Waals surface area contributed by atoms with Gasteiger partial charge in [-0.05, 0) is 32.6 Å². The molecule has 16 heavy (non-hydrogen) atoms. The standard InChI is InChI=1S/C12H19N3O/c1-9-7-15(8-11-3-2-6-16-11)12(13-9)14-10-4-5-10/h7,10-11H,2-6,8H2,1H3,(H,13,14). The third kappa shape index (κ3) is 2.21.